The second-order valence-corrected chi connectivity index (χ2v) is 4.70. The van der Waals surface area contributed by atoms with E-state index in [9.17, 15) is 14.4 Å². The van der Waals surface area contributed by atoms with Crippen LogP contribution in [0.2, 0.25) is 0 Å². The minimum absolute atomic E-state index is 0.202. The quantitative estimate of drug-likeness (QED) is 0.778. The van der Waals surface area contributed by atoms with Gasteiger partial charge in [0, 0.05) is 10.7 Å². The van der Waals surface area contributed by atoms with Crippen LogP contribution < -0.4 is 21.3 Å². The summed E-state index contributed by atoms with van der Waals surface area (Å²) in [5.41, 5.74) is -1.24. The fourth-order valence-corrected chi connectivity index (χ4v) is 1.91. The molecule has 0 spiro atoms. The predicted octanol–water partition coefficient (Wildman–Crippen LogP) is 1.09. The number of anilines is 1. The third kappa shape index (κ3) is 2.97. The zero-order valence-electron chi connectivity index (χ0n) is 10.3. The van der Waals surface area contributed by atoms with Crippen LogP contribution in [-0.2, 0) is 0 Å². The number of aromatic amines is 2. The van der Waals surface area contributed by atoms with E-state index in [1.54, 1.807) is 18.2 Å². The Bertz CT molecular complexity index is 766. The van der Waals surface area contributed by atoms with Crippen LogP contribution in [0.1, 0.15) is 10.4 Å². The molecule has 0 bridgehead atoms. The smallest absolute Gasteiger partial charge is 0.325 e. The predicted molar refractivity (Wildman–Crippen MR) is 76.3 cm³/mol. The van der Waals surface area contributed by atoms with Crippen molar-refractivity contribution in [2.24, 2.45) is 0 Å². The van der Waals surface area contributed by atoms with E-state index < -0.39 is 17.2 Å². The van der Waals surface area contributed by atoms with Gasteiger partial charge in [-0.05, 0) is 18.2 Å². The molecule has 0 unspecified atom stereocenters. The molecule has 3 N–H and O–H groups in total. The van der Waals surface area contributed by atoms with E-state index in [2.05, 4.69) is 26.2 Å². The largest absolute Gasteiger partial charge is 0.495 e. The fraction of sp³-hybridized carbons (Fsp3) is 0.0833. The molecule has 0 aliphatic carbocycles. The molecule has 0 aliphatic rings. The summed E-state index contributed by atoms with van der Waals surface area (Å²) in [6.45, 7) is 0. The number of ether oxygens (including phenoxy) is 1. The molecule has 8 heteroatoms. The first-order chi connectivity index (χ1) is 9.51. The van der Waals surface area contributed by atoms with Crippen molar-refractivity contribution >= 4 is 27.5 Å². The molecule has 1 amide bonds. The first-order valence-corrected chi connectivity index (χ1v) is 6.27. The number of carbonyl (C=O) groups excluding carboxylic acids is 1. The normalized spacial score (nSPS) is 10.1. The number of halogens is 1. The minimum Gasteiger partial charge on any atom is -0.495 e. The molecule has 20 heavy (non-hydrogen) atoms. The SMILES string of the molecule is COc1ccc(Br)cc1NC(=O)c1c[nH]c(=O)[nH]c1=O. The van der Waals surface area contributed by atoms with Gasteiger partial charge in [-0.1, -0.05) is 15.9 Å². The Hall–Kier alpha value is -2.35. The number of nitrogens with one attached hydrogen (secondary N) is 3. The maximum atomic E-state index is 12.0. The molecule has 1 aromatic carbocycles. The number of amides is 1. The minimum atomic E-state index is -0.764. The van der Waals surface area contributed by atoms with Gasteiger partial charge in [0.25, 0.3) is 11.5 Å². The van der Waals surface area contributed by atoms with E-state index in [0.717, 1.165) is 10.7 Å². The average molecular weight is 340 g/mol. The Balaban J connectivity index is 2.34. The number of hydrogen-bond acceptors (Lipinski definition) is 4. The molecule has 104 valence electrons. The molecule has 0 radical (unpaired) electrons. The van der Waals surface area contributed by atoms with E-state index >= 15 is 0 Å². The molecule has 0 atom stereocenters. The van der Waals surface area contributed by atoms with Gasteiger partial charge in [0.2, 0.25) is 0 Å². The third-order valence-electron chi connectivity index (χ3n) is 2.47. The topological polar surface area (TPSA) is 104 Å². The molecule has 0 aliphatic heterocycles. The lowest BCUT2D eigenvalue weighted by molar-refractivity contribution is 0.102. The number of carbonyl (C=O) groups is 1. The van der Waals surface area contributed by atoms with E-state index in [1.807, 2.05) is 4.98 Å². The van der Waals surface area contributed by atoms with Crippen molar-refractivity contribution < 1.29 is 9.53 Å². The van der Waals surface area contributed by atoms with Gasteiger partial charge in [-0.25, -0.2) is 4.79 Å². The number of benzene rings is 1. The molecule has 0 saturated heterocycles. The average Bonchev–Trinajstić information content (AvgIpc) is 2.38. The highest BCUT2D eigenvalue weighted by Gasteiger charge is 2.13. The van der Waals surface area contributed by atoms with Crippen molar-refractivity contribution in [1.82, 2.24) is 9.97 Å². The molecule has 0 fully saturated rings. The van der Waals surface area contributed by atoms with Crippen LogP contribution in [0.25, 0.3) is 0 Å². The van der Waals surface area contributed by atoms with Crippen LogP contribution in [0.3, 0.4) is 0 Å². The molecule has 2 aromatic rings. The number of aromatic nitrogens is 2. The van der Waals surface area contributed by atoms with E-state index in [4.69, 9.17) is 4.74 Å². The zero-order valence-corrected chi connectivity index (χ0v) is 11.9. The van der Waals surface area contributed by atoms with Crippen LogP contribution in [-0.4, -0.2) is 23.0 Å². The van der Waals surface area contributed by atoms with Crippen molar-refractivity contribution in [2.75, 3.05) is 12.4 Å². The lowest BCUT2D eigenvalue weighted by Crippen LogP contribution is -2.29. The van der Waals surface area contributed by atoms with Gasteiger partial charge in [-0.3, -0.25) is 14.6 Å². The van der Waals surface area contributed by atoms with Gasteiger partial charge in [-0.15, -0.1) is 0 Å². The summed E-state index contributed by atoms with van der Waals surface area (Å²) in [6, 6.07) is 5.05. The first kappa shape index (κ1) is 14.1. The van der Waals surface area contributed by atoms with Gasteiger partial charge in [0.05, 0.1) is 12.8 Å². The van der Waals surface area contributed by atoms with Gasteiger partial charge < -0.3 is 15.0 Å². The van der Waals surface area contributed by atoms with Crippen molar-refractivity contribution in [3.63, 3.8) is 0 Å². The zero-order chi connectivity index (χ0) is 14.7. The first-order valence-electron chi connectivity index (χ1n) is 5.48. The van der Waals surface area contributed by atoms with Crippen molar-refractivity contribution in [1.29, 1.82) is 0 Å². The van der Waals surface area contributed by atoms with Crippen LogP contribution in [0.4, 0.5) is 5.69 Å². The lowest BCUT2D eigenvalue weighted by atomic mass is 10.2. The molecule has 0 saturated carbocycles. The number of rotatable bonds is 3. The van der Waals surface area contributed by atoms with E-state index in [0.29, 0.717) is 11.4 Å². The van der Waals surface area contributed by atoms with Crippen LogP contribution >= 0.6 is 15.9 Å². The summed E-state index contributed by atoms with van der Waals surface area (Å²) < 4.78 is 5.85. The Kier molecular flexibility index (Phi) is 4.04. The number of hydrogen-bond donors (Lipinski definition) is 3. The van der Waals surface area contributed by atoms with Crippen molar-refractivity contribution in [2.45, 2.75) is 0 Å². The van der Waals surface area contributed by atoms with Crippen molar-refractivity contribution in [3.05, 3.63) is 55.3 Å². The Morgan fingerprint density at radius 3 is 2.75 bits per heavy atom. The summed E-state index contributed by atoms with van der Waals surface area (Å²) in [4.78, 5) is 38.6. The molecular formula is C12H10BrN3O4. The van der Waals surface area contributed by atoms with E-state index in [1.165, 1.54) is 7.11 Å². The Morgan fingerprint density at radius 1 is 1.35 bits per heavy atom. The second kappa shape index (κ2) is 5.74. The monoisotopic (exact) mass is 339 g/mol. The van der Waals surface area contributed by atoms with E-state index in [-0.39, 0.29) is 5.56 Å². The number of methoxy groups -OCH3 is 1. The standard InChI is InChI=1S/C12H10BrN3O4/c1-20-9-3-2-6(13)4-8(9)15-10(17)7-5-14-12(19)16-11(7)18/h2-5H,1H3,(H,15,17)(H2,14,16,18,19). The second-order valence-electron chi connectivity index (χ2n) is 3.78. The lowest BCUT2D eigenvalue weighted by Gasteiger charge is -2.10. The molecule has 2 rings (SSSR count). The number of H-pyrrole nitrogens is 2. The summed E-state index contributed by atoms with van der Waals surface area (Å²) in [6.07, 6.45) is 1.06. The maximum absolute atomic E-state index is 12.0. The summed E-state index contributed by atoms with van der Waals surface area (Å²) in [5, 5.41) is 2.54. The molecule has 1 aromatic heterocycles. The Morgan fingerprint density at radius 2 is 2.10 bits per heavy atom. The summed E-state index contributed by atoms with van der Waals surface area (Å²) >= 11 is 3.27. The van der Waals surface area contributed by atoms with Crippen LogP contribution in [0.5, 0.6) is 5.75 Å². The third-order valence-corrected chi connectivity index (χ3v) is 2.97. The molecule has 1 heterocycles. The highest BCUT2D eigenvalue weighted by atomic mass is 79.9. The van der Waals surface area contributed by atoms with Crippen molar-refractivity contribution in [3.8, 4) is 5.75 Å². The van der Waals surface area contributed by atoms with Gasteiger partial charge in [0.15, 0.2) is 0 Å². The highest BCUT2D eigenvalue weighted by Crippen LogP contribution is 2.28. The van der Waals surface area contributed by atoms with Gasteiger partial charge in [-0.2, -0.15) is 0 Å². The highest BCUT2D eigenvalue weighted by molar-refractivity contribution is 9.10. The van der Waals surface area contributed by atoms with Gasteiger partial charge in [0.1, 0.15) is 11.3 Å². The Labute approximate surface area is 121 Å². The summed E-state index contributed by atoms with van der Waals surface area (Å²) in [5.74, 6) is -0.207. The molecular weight excluding hydrogens is 330 g/mol. The van der Waals surface area contributed by atoms with Gasteiger partial charge >= 0.3 is 5.69 Å². The molecule has 7 nitrogen and oxygen atoms in total. The van der Waals surface area contributed by atoms with Crippen LogP contribution in [0.15, 0.2) is 38.5 Å². The maximum Gasteiger partial charge on any atom is 0.325 e. The fourth-order valence-electron chi connectivity index (χ4n) is 1.55. The summed E-state index contributed by atoms with van der Waals surface area (Å²) in [7, 11) is 1.46. The van der Waals surface area contributed by atoms with Crippen LogP contribution in [0, 0.1) is 0 Å².